The molecule has 1 heterocycles. The van der Waals surface area contributed by atoms with Crippen LogP contribution in [0.25, 0.3) is 6.08 Å². The van der Waals surface area contributed by atoms with Crippen molar-refractivity contribution in [1.29, 1.82) is 5.26 Å². The van der Waals surface area contributed by atoms with Crippen LogP contribution in [0.5, 0.6) is 0 Å². The highest BCUT2D eigenvalue weighted by Gasteiger charge is 2.21. The molecule has 1 aromatic heterocycles. The smallest absolute Gasteiger partial charge is 0.349 e. The molecule has 0 aliphatic rings. The number of nitrogens with zero attached hydrogens (tertiary/aromatic N) is 1. The summed E-state index contributed by atoms with van der Waals surface area (Å²) in [6, 6.07) is 12.2. The highest BCUT2D eigenvalue weighted by atomic mass is 16.5. The van der Waals surface area contributed by atoms with E-state index in [0.29, 0.717) is 11.4 Å². The number of hydrogen-bond acceptors (Lipinski definition) is 5. The number of aryl methyl sites for hydroxylation is 1. The summed E-state index contributed by atoms with van der Waals surface area (Å²) in [7, 11) is 0. The lowest BCUT2D eigenvalue weighted by Crippen LogP contribution is -2.30. The van der Waals surface area contributed by atoms with Crippen LogP contribution < -0.4 is 5.32 Å². The minimum absolute atomic E-state index is 0.250. The van der Waals surface area contributed by atoms with Gasteiger partial charge in [0.05, 0.1) is 6.26 Å². The lowest BCUT2D eigenvalue weighted by Gasteiger charge is -2.13. The van der Waals surface area contributed by atoms with Gasteiger partial charge in [-0.05, 0) is 38.1 Å². The molecule has 1 aromatic carbocycles. The van der Waals surface area contributed by atoms with E-state index in [1.54, 1.807) is 30.3 Å². The van der Waals surface area contributed by atoms with Crippen molar-refractivity contribution in [3.05, 3.63) is 59.6 Å². The minimum atomic E-state index is -1.05. The third kappa shape index (κ3) is 4.58. The summed E-state index contributed by atoms with van der Waals surface area (Å²) in [6.45, 7) is 3.37. The maximum atomic E-state index is 12.1. The van der Waals surface area contributed by atoms with Crippen LogP contribution in [0.4, 0.5) is 5.69 Å². The molecular weight excluding hydrogens is 308 g/mol. The first-order chi connectivity index (χ1) is 11.5. The molecule has 0 unspecified atom stereocenters. The number of ether oxygens (including phenoxy) is 1. The van der Waals surface area contributed by atoms with Crippen molar-refractivity contribution in [3.8, 4) is 6.07 Å². The second-order valence-corrected chi connectivity index (χ2v) is 5.09. The van der Waals surface area contributed by atoms with Crippen molar-refractivity contribution < 1.29 is 18.7 Å². The van der Waals surface area contributed by atoms with Gasteiger partial charge in [-0.3, -0.25) is 4.79 Å². The van der Waals surface area contributed by atoms with Crippen molar-refractivity contribution in [3.63, 3.8) is 0 Å². The van der Waals surface area contributed by atoms with Crippen molar-refractivity contribution in [2.75, 3.05) is 5.32 Å². The van der Waals surface area contributed by atoms with Crippen molar-refractivity contribution in [2.24, 2.45) is 0 Å². The summed E-state index contributed by atoms with van der Waals surface area (Å²) < 4.78 is 10.1. The average Bonchev–Trinajstić information content (AvgIpc) is 3.07. The van der Waals surface area contributed by atoms with E-state index < -0.39 is 18.0 Å². The molecule has 122 valence electrons. The van der Waals surface area contributed by atoms with E-state index in [4.69, 9.17) is 14.4 Å². The van der Waals surface area contributed by atoms with Crippen LogP contribution in [-0.4, -0.2) is 18.0 Å². The predicted octanol–water partition coefficient (Wildman–Crippen LogP) is 3.07. The van der Waals surface area contributed by atoms with Crippen LogP contribution in [-0.2, 0) is 14.3 Å². The number of nitriles is 1. The Morgan fingerprint density at radius 1 is 1.29 bits per heavy atom. The molecule has 0 fully saturated rings. The fourth-order valence-electron chi connectivity index (χ4n) is 1.81. The Hall–Kier alpha value is -3.33. The second kappa shape index (κ2) is 7.79. The number of carbonyl (C=O) groups excluding carboxylic acids is 2. The van der Waals surface area contributed by atoms with Gasteiger partial charge in [0.15, 0.2) is 6.10 Å². The number of anilines is 1. The highest BCUT2D eigenvalue weighted by Crippen LogP contribution is 2.12. The number of amides is 1. The molecule has 0 saturated heterocycles. The molecule has 1 atom stereocenters. The molecule has 0 radical (unpaired) electrons. The predicted molar refractivity (Wildman–Crippen MR) is 87.7 cm³/mol. The number of carbonyl (C=O) groups is 2. The van der Waals surface area contributed by atoms with Crippen LogP contribution in [0, 0.1) is 18.3 Å². The third-order valence-corrected chi connectivity index (χ3v) is 3.14. The van der Waals surface area contributed by atoms with E-state index in [1.165, 1.54) is 19.3 Å². The van der Waals surface area contributed by atoms with E-state index in [2.05, 4.69) is 5.32 Å². The van der Waals surface area contributed by atoms with Gasteiger partial charge in [0.2, 0.25) is 0 Å². The molecule has 0 bridgehead atoms. The molecule has 0 aliphatic heterocycles. The van der Waals surface area contributed by atoms with Gasteiger partial charge in [-0.1, -0.05) is 17.7 Å². The Morgan fingerprint density at radius 3 is 2.58 bits per heavy atom. The van der Waals surface area contributed by atoms with Crippen LogP contribution in [0.15, 0.2) is 52.7 Å². The zero-order chi connectivity index (χ0) is 17.5. The molecule has 1 amide bonds. The van der Waals surface area contributed by atoms with Gasteiger partial charge in [-0.25, -0.2) is 4.79 Å². The summed E-state index contributed by atoms with van der Waals surface area (Å²) >= 11 is 0. The number of rotatable bonds is 5. The van der Waals surface area contributed by atoms with Crippen molar-refractivity contribution >= 4 is 23.6 Å². The van der Waals surface area contributed by atoms with Crippen LogP contribution >= 0.6 is 0 Å². The van der Waals surface area contributed by atoms with Gasteiger partial charge >= 0.3 is 5.97 Å². The third-order valence-electron chi connectivity index (χ3n) is 3.14. The zero-order valence-corrected chi connectivity index (χ0v) is 13.3. The Balaban J connectivity index is 1.98. The van der Waals surface area contributed by atoms with Crippen molar-refractivity contribution in [2.45, 2.75) is 20.0 Å². The largest absolute Gasteiger partial charge is 0.465 e. The summed E-state index contributed by atoms with van der Waals surface area (Å²) in [5, 5.41) is 11.7. The molecule has 6 heteroatoms. The van der Waals surface area contributed by atoms with Gasteiger partial charge < -0.3 is 14.5 Å². The van der Waals surface area contributed by atoms with Gasteiger partial charge in [-0.2, -0.15) is 5.26 Å². The summed E-state index contributed by atoms with van der Waals surface area (Å²) in [4.78, 5) is 24.0. The Morgan fingerprint density at radius 2 is 2.00 bits per heavy atom. The number of nitrogens with one attached hydrogen (secondary N) is 1. The molecule has 0 saturated carbocycles. The molecule has 24 heavy (non-hydrogen) atoms. The second-order valence-electron chi connectivity index (χ2n) is 5.09. The first-order valence-electron chi connectivity index (χ1n) is 7.23. The first kappa shape index (κ1) is 17.0. The molecule has 1 N–H and O–H groups in total. The average molecular weight is 324 g/mol. The van der Waals surface area contributed by atoms with E-state index in [-0.39, 0.29) is 5.57 Å². The number of furan rings is 1. The van der Waals surface area contributed by atoms with E-state index in [9.17, 15) is 9.59 Å². The number of esters is 1. The lowest BCUT2D eigenvalue weighted by molar-refractivity contribution is -0.148. The molecule has 0 aliphatic carbocycles. The topological polar surface area (TPSA) is 92.3 Å². The molecule has 2 aromatic rings. The Bertz CT molecular complexity index is 783. The van der Waals surface area contributed by atoms with E-state index >= 15 is 0 Å². The zero-order valence-electron chi connectivity index (χ0n) is 13.3. The maximum Gasteiger partial charge on any atom is 0.349 e. The first-order valence-corrected chi connectivity index (χ1v) is 7.23. The standard InChI is InChI=1S/C18H16N2O4/c1-12-5-7-15(8-6-12)20-17(21)13(2)24-18(22)14(11-19)10-16-4-3-9-23-16/h3-10,13H,1-2H3,(H,20,21)/b14-10+/t13-/m1/s1. The monoisotopic (exact) mass is 324 g/mol. The lowest BCUT2D eigenvalue weighted by atomic mass is 10.2. The fraction of sp³-hybridized carbons (Fsp3) is 0.167. The maximum absolute atomic E-state index is 12.1. The van der Waals surface area contributed by atoms with Crippen molar-refractivity contribution in [1.82, 2.24) is 0 Å². The highest BCUT2D eigenvalue weighted by molar-refractivity contribution is 6.00. The molecular formula is C18H16N2O4. The fourth-order valence-corrected chi connectivity index (χ4v) is 1.81. The quantitative estimate of drug-likeness (QED) is 0.518. The summed E-state index contributed by atoms with van der Waals surface area (Å²) in [6.07, 6.45) is 1.63. The Kier molecular flexibility index (Phi) is 5.53. The number of benzene rings is 1. The molecule has 0 spiro atoms. The number of hydrogen-bond donors (Lipinski definition) is 1. The summed E-state index contributed by atoms with van der Waals surface area (Å²) in [5.74, 6) is -1.02. The molecule has 6 nitrogen and oxygen atoms in total. The SMILES string of the molecule is Cc1ccc(NC(=O)[C@@H](C)OC(=O)/C(C#N)=C/c2ccco2)cc1. The van der Waals surface area contributed by atoms with Gasteiger partial charge in [0.1, 0.15) is 17.4 Å². The van der Waals surface area contributed by atoms with Gasteiger partial charge in [0, 0.05) is 11.8 Å². The molecule has 2 rings (SSSR count). The van der Waals surface area contributed by atoms with Crippen LogP contribution in [0.1, 0.15) is 18.2 Å². The van der Waals surface area contributed by atoms with E-state index in [0.717, 1.165) is 5.56 Å². The van der Waals surface area contributed by atoms with Crippen LogP contribution in [0.3, 0.4) is 0 Å². The minimum Gasteiger partial charge on any atom is -0.465 e. The van der Waals surface area contributed by atoms with E-state index in [1.807, 2.05) is 19.1 Å². The van der Waals surface area contributed by atoms with Gasteiger partial charge in [0.25, 0.3) is 5.91 Å². The Labute approximate surface area is 139 Å². The summed E-state index contributed by atoms with van der Waals surface area (Å²) in [5.41, 5.74) is 1.41. The normalized spacial score (nSPS) is 12.1. The van der Waals surface area contributed by atoms with Gasteiger partial charge in [-0.15, -0.1) is 0 Å². The van der Waals surface area contributed by atoms with Crippen LogP contribution in [0.2, 0.25) is 0 Å².